The Hall–Kier alpha value is -1.38. The molecule has 21 heavy (non-hydrogen) atoms. The lowest BCUT2D eigenvalue weighted by atomic mass is 9.91. The molecule has 0 saturated carbocycles. The summed E-state index contributed by atoms with van der Waals surface area (Å²) in [5.41, 5.74) is 0.819. The van der Waals surface area contributed by atoms with Crippen LogP contribution >= 0.6 is 11.5 Å². The third kappa shape index (κ3) is 3.28. The third-order valence-corrected chi connectivity index (χ3v) is 4.15. The molecule has 0 atom stereocenters. The lowest BCUT2D eigenvalue weighted by Gasteiger charge is -2.25. The number of nitrogens with zero attached hydrogens (tertiary/aromatic N) is 5. The van der Waals surface area contributed by atoms with Gasteiger partial charge in [-0.3, -0.25) is 4.90 Å². The van der Waals surface area contributed by atoms with E-state index in [2.05, 4.69) is 50.7 Å². The minimum Gasteiger partial charge on any atom is -0.333 e. The lowest BCUT2D eigenvalue weighted by molar-refractivity contribution is 0.225. The van der Waals surface area contributed by atoms with Crippen molar-refractivity contribution >= 4 is 11.5 Å². The molecule has 0 aliphatic carbocycles. The topological polar surface area (TPSA) is 80.0 Å². The van der Waals surface area contributed by atoms with Crippen molar-refractivity contribution in [3.05, 3.63) is 11.5 Å². The van der Waals surface area contributed by atoms with Gasteiger partial charge in [0.1, 0.15) is 4.88 Å². The van der Waals surface area contributed by atoms with Gasteiger partial charge in [-0.25, -0.2) is 0 Å². The molecule has 1 saturated heterocycles. The molecule has 2 aromatic rings. The number of nitrogens with one attached hydrogen (secondary N) is 1. The lowest BCUT2D eigenvalue weighted by Crippen LogP contribution is -2.43. The van der Waals surface area contributed by atoms with Gasteiger partial charge in [-0.05, 0) is 11.5 Å². The second kappa shape index (κ2) is 5.78. The first-order valence-electron chi connectivity index (χ1n) is 7.13. The van der Waals surface area contributed by atoms with Crippen LogP contribution in [0.25, 0.3) is 10.8 Å². The van der Waals surface area contributed by atoms with E-state index in [9.17, 15) is 0 Å². The van der Waals surface area contributed by atoms with Crippen LogP contribution in [0.3, 0.4) is 0 Å². The molecule has 114 valence electrons. The van der Waals surface area contributed by atoms with Gasteiger partial charge in [0, 0.05) is 31.6 Å². The van der Waals surface area contributed by atoms with Crippen LogP contribution < -0.4 is 5.32 Å². The Balaban J connectivity index is 1.77. The predicted molar refractivity (Wildman–Crippen MR) is 80.0 cm³/mol. The maximum atomic E-state index is 5.41. The van der Waals surface area contributed by atoms with Gasteiger partial charge >= 0.3 is 0 Å². The first kappa shape index (κ1) is 14.6. The van der Waals surface area contributed by atoms with E-state index in [-0.39, 0.29) is 5.41 Å². The highest BCUT2D eigenvalue weighted by atomic mass is 32.1. The van der Waals surface area contributed by atoms with E-state index < -0.39 is 0 Å². The van der Waals surface area contributed by atoms with Gasteiger partial charge in [-0.2, -0.15) is 4.98 Å². The molecule has 0 radical (unpaired) electrons. The maximum absolute atomic E-state index is 5.41. The van der Waals surface area contributed by atoms with Crippen molar-refractivity contribution in [3.63, 3.8) is 0 Å². The van der Waals surface area contributed by atoms with Crippen molar-refractivity contribution in [2.75, 3.05) is 26.2 Å². The molecule has 0 bridgehead atoms. The van der Waals surface area contributed by atoms with Crippen LogP contribution in [0.5, 0.6) is 0 Å². The summed E-state index contributed by atoms with van der Waals surface area (Å²) in [6, 6.07) is 0. The van der Waals surface area contributed by atoms with Gasteiger partial charge in [-0.1, -0.05) is 30.4 Å². The molecule has 1 aliphatic heterocycles. The monoisotopic (exact) mass is 308 g/mol. The maximum Gasteiger partial charge on any atom is 0.271 e. The van der Waals surface area contributed by atoms with Crippen LogP contribution in [0, 0.1) is 0 Å². The van der Waals surface area contributed by atoms with E-state index in [1.807, 2.05) is 0 Å². The van der Waals surface area contributed by atoms with E-state index in [0.29, 0.717) is 5.89 Å². The Morgan fingerprint density at radius 1 is 1.29 bits per heavy atom. The van der Waals surface area contributed by atoms with E-state index in [1.54, 1.807) is 0 Å². The Bertz CT molecular complexity index is 596. The Kier molecular flexibility index (Phi) is 4.01. The van der Waals surface area contributed by atoms with Crippen molar-refractivity contribution in [3.8, 4) is 10.8 Å². The van der Waals surface area contributed by atoms with Crippen LogP contribution in [0.1, 0.15) is 32.3 Å². The van der Waals surface area contributed by atoms with Crippen molar-refractivity contribution < 1.29 is 4.52 Å². The molecule has 1 aliphatic rings. The fraction of sp³-hybridized carbons (Fsp3) is 0.692. The highest BCUT2D eigenvalue weighted by molar-refractivity contribution is 7.09. The van der Waals surface area contributed by atoms with Crippen molar-refractivity contribution in [1.82, 2.24) is 29.9 Å². The zero-order valence-corrected chi connectivity index (χ0v) is 13.4. The van der Waals surface area contributed by atoms with E-state index in [4.69, 9.17) is 4.52 Å². The minimum atomic E-state index is -0.0878. The summed E-state index contributed by atoms with van der Waals surface area (Å²) in [7, 11) is 0. The quantitative estimate of drug-likeness (QED) is 0.915. The van der Waals surface area contributed by atoms with Gasteiger partial charge in [0.2, 0.25) is 0 Å². The smallest absolute Gasteiger partial charge is 0.271 e. The van der Waals surface area contributed by atoms with Gasteiger partial charge < -0.3 is 9.84 Å². The molecule has 8 heteroatoms. The average molecular weight is 308 g/mol. The number of hydrogen-bond acceptors (Lipinski definition) is 8. The number of rotatable bonds is 3. The largest absolute Gasteiger partial charge is 0.333 e. The van der Waals surface area contributed by atoms with Crippen molar-refractivity contribution in [2.24, 2.45) is 0 Å². The summed E-state index contributed by atoms with van der Waals surface area (Å²) in [5.74, 6) is 1.25. The highest BCUT2D eigenvalue weighted by Gasteiger charge is 2.26. The minimum absolute atomic E-state index is 0.0878. The second-order valence-electron chi connectivity index (χ2n) is 6.24. The fourth-order valence-electron chi connectivity index (χ4n) is 2.30. The average Bonchev–Trinajstić information content (AvgIpc) is 3.07. The standard InChI is InChI=1S/C13H20N6OS/c1-13(2,3)11-10(21-18-16-11)12-15-9(17-20-12)8-19-6-4-14-5-7-19/h14H,4-8H2,1-3H3. The van der Waals surface area contributed by atoms with Gasteiger partial charge in [0.05, 0.1) is 12.2 Å². The van der Waals surface area contributed by atoms with Crippen LogP contribution in [0.4, 0.5) is 0 Å². The molecule has 0 amide bonds. The summed E-state index contributed by atoms with van der Waals surface area (Å²) < 4.78 is 9.45. The molecule has 3 heterocycles. The van der Waals surface area contributed by atoms with Crippen LogP contribution in [-0.2, 0) is 12.0 Å². The second-order valence-corrected chi connectivity index (χ2v) is 7.00. The van der Waals surface area contributed by atoms with Gasteiger partial charge in [-0.15, -0.1) is 5.10 Å². The Morgan fingerprint density at radius 3 is 2.76 bits per heavy atom. The molecular formula is C13H20N6OS. The first-order valence-corrected chi connectivity index (χ1v) is 7.90. The van der Waals surface area contributed by atoms with Crippen LogP contribution in [0.15, 0.2) is 4.52 Å². The Labute approximate surface area is 127 Å². The molecule has 0 spiro atoms. The number of piperazine rings is 1. The number of hydrogen-bond donors (Lipinski definition) is 1. The predicted octanol–water partition coefficient (Wildman–Crippen LogP) is 1.29. The van der Waals surface area contributed by atoms with Crippen LogP contribution in [0.2, 0.25) is 0 Å². The highest BCUT2D eigenvalue weighted by Crippen LogP contribution is 2.32. The molecule has 0 aromatic carbocycles. The molecule has 1 fully saturated rings. The zero-order valence-electron chi connectivity index (χ0n) is 12.6. The number of aromatic nitrogens is 4. The van der Waals surface area contributed by atoms with Crippen LogP contribution in [-0.4, -0.2) is 50.8 Å². The molecule has 0 unspecified atom stereocenters. The van der Waals surface area contributed by atoms with E-state index in [1.165, 1.54) is 11.5 Å². The summed E-state index contributed by atoms with van der Waals surface area (Å²) in [5, 5.41) is 11.6. The Morgan fingerprint density at radius 2 is 2.05 bits per heavy atom. The SMILES string of the molecule is CC(C)(C)c1nnsc1-c1nc(CN2CCNCC2)no1. The van der Waals surface area contributed by atoms with E-state index in [0.717, 1.165) is 49.1 Å². The third-order valence-electron chi connectivity index (χ3n) is 3.44. The summed E-state index contributed by atoms with van der Waals surface area (Å²) in [6.45, 7) is 11.1. The summed E-state index contributed by atoms with van der Waals surface area (Å²) >= 11 is 1.31. The molecule has 3 rings (SSSR count). The zero-order chi connectivity index (χ0) is 14.9. The molecule has 1 N–H and O–H groups in total. The summed E-state index contributed by atoms with van der Waals surface area (Å²) in [6.07, 6.45) is 0. The fourth-order valence-corrected chi connectivity index (χ4v) is 3.10. The van der Waals surface area contributed by atoms with Crippen molar-refractivity contribution in [1.29, 1.82) is 0 Å². The van der Waals surface area contributed by atoms with Gasteiger partial charge in [0.15, 0.2) is 5.82 Å². The molecule has 7 nitrogen and oxygen atoms in total. The summed E-state index contributed by atoms with van der Waals surface area (Å²) in [4.78, 5) is 7.71. The van der Waals surface area contributed by atoms with Gasteiger partial charge in [0.25, 0.3) is 5.89 Å². The van der Waals surface area contributed by atoms with E-state index >= 15 is 0 Å². The molecule has 2 aromatic heterocycles. The molecular weight excluding hydrogens is 288 g/mol. The normalized spacial score (nSPS) is 17.3. The van der Waals surface area contributed by atoms with Crippen molar-refractivity contribution in [2.45, 2.75) is 32.7 Å². The first-order chi connectivity index (χ1) is 10.0.